The molecule has 49 heavy (non-hydrogen) atoms. The van der Waals surface area contributed by atoms with Crippen molar-refractivity contribution in [3.63, 3.8) is 0 Å². The van der Waals surface area contributed by atoms with E-state index in [1.165, 1.54) is 0 Å². The Balaban J connectivity index is 1.57. The van der Waals surface area contributed by atoms with Crippen LogP contribution in [0.15, 0.2) is 0 Å². The highest BCUT2D eigenvalue weighted by molar-refractivity contribution is 5.80. The van der Waals surface area contributed by atoms with Gasteiger partial charge in [-0.1, -0.05) is 0 Å². The summed E-state index contributed by atoms with van der Waals surface area (Å²) in [5.41, 5.74) is 35.3. The zero-order chi connectivity index (χ0) is 36.3. The molecule has 4 rings (SSSR count). The van der Waals surface area contributed by atoms with Gasteiger partial charge in [-0.3, -0.25) is 4.79 Å². The van der Waals surface area contributed by atoms with Crippen molar-refractivity contribution in [3.05, 3.63) is 0 Å². The highest BCUT2D eigenvalue weighted by atomic mass is 16.8. The topological polar surface area (TPSA) is 402 Å². The van der Waals surface area contributed by atoms with E-state index in [2.05, 4.69) is 5.32 Å². The van der Waals surface area contributed by atoms with Crippen molar-refractivity contribution in [2.45, 2.75) is 135 Å². The summed E-state index contributed by atoms with van der Waals surface area (Å²) in [5, 5.41) is 86.9. The van der Waals surface area contributed by atoms with Crippen LogP contribution in [0, 0.1) is 0 Å². The van der Waals surface area contributed by atoms with Crippen LogP contribution in [0.4, 0.5) is 0 Å². The molecule has 0 spiro atoms. The van der Waals surface area contributed by atoms with E-state index in [0.29, 0.717) is 0 Å². The van der Waals surface area contributed by atoms with Crippen LogP contribution in [-0.4, -0.2) is 195 Å². The number of carbonyl (C=O) groups excluding carboxylic acids is 1. The number of nitrogens with two attached hydrogens (primary N) is 6. The van der Waals surface area contributed by atoms with Crippen LogP contribution in [0.3, 0.4) is 0 Å². The maximum atomic E-state index is 12.6. The van der Waals surface area contributed by atoms with Crippen molar-refractivity contribution in [1.29, 1.82) is 0 Å². The normalized spacial score (nSPS) is 48.3. The molecule has 3 heterocycles. The third-order valence-corrected chi connectivity index (χ3v) is 9.40. The molecule has 0 aromatic heterocycles. The lowest BCUT2D eigenvalue weighted by molar-refractivity contribution is -0.307. The third kappa shape index (κ3) is 8.66. The van der Waals surface area contributed by atoms with Crippen molar-refractivity contribution >= 4 is 5.91 Å². The Morgan fingerprint density at radius 3 is 1.67 bits per heavy atom. The van der Waals surface area contributed by atoms with E-state index >= 15 is 0 Å². The molecule has 22 heteroatoms. The molecule has 286 valence electrons. The molecule has 3 saturated heterocycles. The van der Waals surface area contributed by atoms with Gasteiger partial charge in [-0.25, -0.2) is 0 Å². The van der Waals surface area contributed by atoms with Gasteiger partial charge >= 0.3 is 0 Å². The Labute approximate surface area is 281 Å². The fourth-order valence-corrected chi connectivity index (χ4v) is 6.42. The molecule has 0 aromatic carbocycles. The van der Waals surface area contributed by atoms with E-state index < -0.39 is 135 Å². The number of hydrogen-bond donors (Lipinski definition) is 15. The maximum absolute atomic E-state index is 12.6. The first-order valence-electron chi connectivity index (χ1n) is 16.2. The number of amides is 1. The number of carbonyl (C=O) groups is 1. The molecule has 4 fully saturated rings. The minimum absolute atomic E-state index is 0.00431. The summed E-state index contributed by atoms with van der Waals surface area (Å²) in [6.07, 6.45) is -23.2. The van der Waals surface area contributed by atoms with Gasteiger partial charge in [0.05, 0.1) is 24.7 Å². The largest absolute Gasteiger partial charge is 0.394 e. The number of rotatable bonds is 13. The minimum atomic E-state index is -1.72. The Morgan fingerprint density at radius 1 is 0.694 bits per heavy atom. The molecule has 1 aliphatic carbocycles. The molecule has 3 aliphatic heterocycles. The second kappa shape index (κ2) is 17.5. The second-order valence-corrected chi connectivity index (χ2v) is 12.8. The van der Waals surface area contributed by atoms with E-state index in [1.807, 2.05) is 0 Å². The fraction of sp³-hybridized carbons (Fsp3) is 0.963. The second-order valence-electron chi connectivity index (χ2n) is 12.8. The molecule has 22 nitrogen and oxygen atoms in total. The Hall–Kier alpha value is -1.33. The number of hydrogen-bond acceptors (Lipinski definition) is 21. The van der Waals surface area contributed by atoms with Gasteiger partial charge in [0.15, 0.2) is 18.9 Å². The highest BCUT2D eigenvalue weighted by Gasteiger charge is 2.55. The monoisotopic (exact) mass is 715 g/mol. The summed E-state index contributed by atoms with van der Waals surface area (Å²) in [7, 11) is 0. The Kier molecular flexibility index (Phi) is 14.4. The van der Waals surface area contributed by atoms with Crippen molar-refractivity contribution in [3.8, 4) is 0 Å². The van der Waals surface area contributed by atoms with Crippen molar-refractivity contribution in [1.82, 2.24) is 5.32 Å². The van der Waals surface area contributed by atoms with Gasteiger partial charge in [0.25, 0.3) is 0 Å². The zero-order valence-corrected chi connectivity index (χ0v) is 26.7. The minimum Gasteiger partial charge on any atom is -0.394 e. The van der Waals surface area contributed by atoms with Crippen LogP contribution in [0.1, 0.15) is 12.8 Å². The van der Waals surface area contributed by atoms with Crippen molar-refractivity contribution in [2.24, 2.45) is 34.4 Å². The molecule has 0 unspecified atom stereocenters. The molecule has 0 radical (unpaired) electrons. The van der Waals surface area contributed by atoms with Crippen LogP contribution in [0.2, 0.25) is 0 Å². The molecule has 4 aliphatic rings. The van der Waals surface area contributed by atoms with Crippen molar-refractivity contribution < 1.29 is 74.1 Å². The van der Waals surface area contributed by atoms with Gasteiger partial charge in [0.2, 0.25) is 5.91 Å². The lowest BCUT2D eigenvalue weighted by Crippen LogP contribution is -2.69. The molecule has 21 N–H and O–H groups in total. The Morgan fingerprint density at radius 2 is 1.18 bits per heavy atom. The van der Waals surface area contributed by atoms with Crippen LogP contribution in [0.5, 0.6) is 0 Å². The first kappa shape index (κ1) is 40.4. The van der Waals surface area contributed by atoms with Crippen LogP contribution < -0.4 is 39.7 Å². The standard InChI is InChI=1S/C27H53N7O15/c28-2-1-9(36)24(43)34-8-3-7(31)21(47-25-13(32)18(40)16(38)10(4-29)44-25)23(15(8)37)49-27-20(42)22(12(6-35)46-27)48-26-14(33)19(41)17(39)11(5-30)45-26/h7-23,25-27,35-42H,1-6,28-33H2,(H,34,43)/t7-,8+,9-,10+,11-,12+,13+,14+,15-,16-,17+,18-,19+,20+,21+,22+,23+,25+,26+,27-/m0/s1. The van der Waals surface area contributed by atoms with E-state index in [9.17, 15) is 45.6 Å². The van der Waals surface area contributed by atoms with Crippen LogP contribution >= 0.6 is 0 Å². The van der Waals surface area contributed by atoms with E-state index in [1.54, 1.807) is 0 Å². The fourth-order valence-electron chi connectivity index (χ4n) is 6.42. The molecular formula is C27H53N7O15. The quantitative estimate of drug-likeness (QED) is 0.0841. The average molecular weight is 716 g/mol. The van der Waals surface area contributed by atoms with Crippen LogP contribution in [0.25, 0.3) is 0 Å². The summed E-state index contributed by atoms with van der Waals surface area (Å²) in [6, 6.07) is -4.82. The number of ether oxygens (including phenoxy) is 6. The number of aliphatic hydroxyl groups excluding tert-OH is 8. The molecule has 20 atom stereocenters. The summed E-state index contributed by atoms with van der Waals surface area (Å²) >= 11 is 0. The number of nitrogens with one attached hydrogen (secondary N) is 1. The van der Waals surface area contributed by atoms with E-state index in [-0.39, 0.29) is 32.5 Å². The lowest BCUT2D eigenvalue weighted by Gasteiger charge is -2.48. The van der Waals surface area contributed by atoms with Crippen LogP contribution in [-0.2, 0) is 33.2 Å². The average Bonchev–Trinajstić information content (AvgIpc) is 3.38. The molecule has 1 saturated carbocycles. The van der Waals surface area contributed by atoms with Gasteiger partial charge in [0.1, 0.15) is 79.4 Å². The maximum Gasteiger partial charge on any atom is 0.249 e. The molecular weight excluding hydrogens is 662 g/mol. The molecule has 0 aromatic rings. The molecule has 0 bridgehead atoms. The van der Waals surface area contributed by atoms with Gasteiger partial charge in [-0.2, -0.15) is 0 Å². The van der Waals surface area contributed by atoms with Gasteiger partial charge in [-0.05, 0) is 19.4 Å². The van der Waals surface area contributed by atoms with E-state index in [4.69, 9.17) is 62.8 Å². The van der Waals surface area contributed by atoms with Gasteiger partial charge in [0, 0.05) is 19.1 Å². The predicted octanol–water partition coefficient (Wildman–Crippen LogP) is -10.0. The van der Waals surface area contributed by atoms with Gasteiger partial charge < -0.3 is 109 Å². The summed E-state index contributed by atoms with van der Waals surface area (Å²) < 4.78 is 35.0. The SMILES string of the molecule is NCC[C@H](O)C(=O)N[C@@H]1C[C@H](N)[C@@H](O[C@H]2O[C@H](CN)[C@H](O)[C@@H](O)[C@H]2N)[C@H](O[C@@H]2O[C@H](CO)[C@@H](O[C@H]3O[C@@H](CN)[C@@H](O)[C@H](O)[C@H]3N)[C@H]2O)[C@H]1O. The number of aliphatic hydroxyl groups is 8. The summed E-state index contributed by atoms with van der Waals surface area (Å²) in [4.78, 5) is 12.6. The van der Waals surface area contributed by atoms with Gasteiger partial charge in [-0.15, -0.1) is 0 Å². The highest BCUT2D eigenvalue weighted by Crippen LogP contribution is 2.34. The summed E-state index contributed by atoms with van der Waals surface area (Å²) in [6.45, 7) is -1.14. The Bertz CT molecular complexity index is 1060. The lowest BCUT2D eigenvalue weighted by atomic mass is 9.83. The smallest absolute Gasteiger partial charge is 0.249 e. The molecule has 1 amide bonds. The predicted molar refractivity (Wildman–Crippen MR) is 162 cm³/mol. The van der Waals surface area contributed by atoms with Crippen molar-refractivity contribution in [2.75, 3.05) is 26.2 Å². The third-order valence-electron chi connectivity index (χ3n) is 9.40. The van der Waals surface area contributed by atoms with E-state index in [0.717, 1.165) is 0 Å². The zero-order valence-electron chi connectivity index (χ0n) is 26.7. The first-order chi connectivity index (χ1) is 23.2. The first-order valence-corrected chi connectivity index (χ1v) is 16.2. The summed E-state index contributed by atoms with van der Waals surface area (Å²) in [5.74, 6) is -0.849.